The van der Waals surface area contributed by atoms with Gasteiger partial charge in [-0.25, -0.2) is 4.79 Å². The molecule has 2 aromatic rings. The summed E-state index contributed by atoms with van der Waals surface area (Å²) in [5, 5.41) is 21.4. The van der Waals surface area contributed by atoms with Gasteiger partial charge in [-0.3, -0.25) is 14.9 Å². The van der Waals surface area contributed by atoms with Crippen LogP contribution in [0, 0.1) is 10.1 Å². The van der Waals surface area contributed by atoms with Crippen LogP contribution in [-0.4, -0.2) is 46.4 Å². The molecule has 1 amide bonds. The number of hydrogen-bond donors (Lipinski definition) is 1. The maximum Gasteiger partial charge on any atom is 0.331 e. The van der Waals surface area contributed by atoms with Crippen molar-refractivity contribution in [1.29, 1.82) is 0 Å². The summed E-state index contributed by atoms with van der Waals surface area (Å²) in [6.07, 6.45) is 2.50. The fraction of sp³-hybridized carbons (Fsp3) is 0.333. The number of carbonyl (C=O) groups excluding carboxylic acids is 1. The van der Waals surface area contributed by atoms with Crippen LogP contribution in [0.4, 0.5) is 11.4 Å². The van der Waals surface area contributed by atoms with Crippen molar-refractivity contribution < 1.29 is 19.6 Å². The third kappa shape index (κ3) is 3.41. The summed E-state index contributed by atoms with van der Waals surface area (Å²) in [6, 6.07) is 10.5. The van der Waals surface area contributed by atoms with Gasteiger partial charge >= 0.3 is 5.97 Å². The van der Waals surface area contributed by atoms with E-state index in [-0.39, 0.29) is 17.8 Å². The van der Waals surface area contributed by atoms with E-state index < -0.39 is 22.8 Å². The lowest BCUT2D eigenvalue weighted by Crippen LogP contribution is -2.43. The third-order valence-electron chi connectivity index (χ3n) is 5.64. The molecule has 4 rings (SSSR count). The van der Waals surface area contributed by atoms with E-state index in [0.717, 1.165) is 31.5 Å². The van der Waals surface area contributed by atoms with Crippen molar-refractivity contribution >= 4 is 23.3 Å². The monoisotopic (exact) mass is 395 g/mol. The molecule has 0 spiro atoms. The summed E-state index contributed by atoms with van der Waals surface area (Å²) < 4.78 is 0. The Labute approximate surface area is 167 Å². The minimum Gasteiger partial charge on any atom is -0.479 e. The molecular weight excluding hydrogens is 374 g/mol. The zero-order chi connectivity index (χ0) is 20.5. The number of rotatable bonds is 4. The summed E-state index contributed by atoms with van der Waals surface area (Å²) in [5.74, 6) is -1.63. The predicted molar refractivity (Wildman–Crippen MR) is 106 cm³/mol. The van der Waals surface area contributed by atoms with Gasteiger partial charge in [0.05, 0.1) is 4.92 Å². The lowest BCUT2D eigenvalue weighted by atomic mass is 9.92. The topological polar surface area (TPSA) is 104 Å². The molecule has 8 heteroatoms. The highest BCUT2D eigenvalue weighted by atomic mass is 16.6. The summed E-state index contributed by atoms with van der Waals surface area (Å²) in [7, 11) is 0. The number of carboxylic acids is 1. The molecule has 0 saturated carbocycles. The van der Waals surface area contributed by atoms with Crippen LogP contribution in [0.3, 0.4) is 0 Å². The van der Waals surface area contributed by atoms with Crippen LogP contribution in [0.2, 0.25) is 0 Å². The number of carbonyl (C=O) groups is 2. The van der Waals surface area contributed by atoms with Crippen LogP contribution in [0.5, 0.6) is 0 Å². The average Bonchev–Trinajstić information content (AvgIpc) is 3.26. The van der Waals surface area contributed by atoms with E-state index in [9.17, 15) is 24.8 Å². The Balaban J connectivity index is 1.69. The molecule has 0 aliphatic carbocycles. The molecule has 0 radical (unpaired) electrons. The minimum atomic E-state index is -1.12. The molecule has 2 aliphatic heterocycles. The Kier molecular flexibility index (Phi) is 4.92. The lowest BCUT2D eigenvalue weighted by Gasteiger charge is -2.34. The van der Waals surface area contributed by atoms with Gasteiger partial charge in [0, 0.05) is 31.3 Å². The van der Waals surface area contributed by atoms with Crippen molar-refractivity contribution in [2.24, 2.45) is 0 Å². The molecule has 1 saturated heterocycles. The molecule has 1 atom stereocenters. The minimum absolute atomic E-state index is 0.123. The fourth-order valence-electron chi connectivity index (χ4n) is 4.25. The SMILES string of the molecule is O=C(O)C1c2ccccc2CCN1C(=O)c1ccc(N2CCCC2)c([N+](=O)[O-])c1. The van der Waals surface area contributed by atoms with Gasteiger partial charge in [0.25, 0.3) is 11.6 Å². The van der Waals surface area contributed by atoms with Gasteiger partial charge in [-0.05, 0) is 42.5 Å². The first-order valence-electron chi connectivity index (χ1n) is 9.62. The summed E-state index contributed by atoms with van der Waals surface area (Å²) in [4.78, 5) is 39.5. The normalized spacial score (nSPS) is 18.4. The predicted octanol–water partition coefficient (Wildman–Crippen LogP) is 3.02. The Bertz CT molecular complexity index is 984. The summed E-state index contributed by atoms with van der Waals surface area (Å²) >= 11 is 0. The summed E-state index contributed by atoms with van der Waals surface area (Å²) in [5.41, 5.74) is 2.00. The highest BCUT2D eigenvalue weighted by molar-refractivity contribution is 5.98. The Morgan fingerprint density at radius 2 is 1.79 bits per heavy atom. The van der Waals surface area contributed by atoms with Crippen molar-refractivity contribution in [3.05, 3.63) is 69.3 Å². The lowest BCUT2D eigenvalue weighted by molar-refractivity contribution is -0.384. The molecule has 1 unspecified atom stereocenters. The smallest absolute Gasteiger partial charge is 0.331 e. The van der Waals surface area contributed by atoms with Crippen molar-refractivity contribution in [1.82, 2.24) is 4.90 Å². The molecule has 29 heavy (non-hydrogen) atoms. The molecular formula is C21H21N3O5. The van der Waals surface area contributed by atoms with Gasteiger partial charge in [0.2, 0.25) is 0 Å². The second-order valence-corrected chi connectivity index (χ2v) is 7.34. The molecule has 0 aromatic heterocycles. The van der Waals surface area contributed by atoms with E-state index in [1.807, 2.05) is 17.0 Å². The second kappa shape index (κ2) is 7.54. The standard InChI is InChI=1S/C21H21N3O5/c25-20(23-12-9-14-5-1-2-6-16(14)19(23)21(26)27)15-7-8-17(18(13-15)24(28)29)22-10-3-4-11-22/h1-2,5-8,13,19H,3-4,9-12H2,(H,26,27). The van der Waals surface area contributed by atoms with Crippen molar-refractivity contribution in [3.63, 3.8) is 0 Å². The van der Waals surface area contributed by atoms with Gasteiger partial charge in [0.15, 0.2) is 6.04 Å². The number of anilines is 1. The first kappa shape index (κ1) is 18.9. The van der Waals surface area contributed by atoms with E-state index in [0.29, 0.717) is 17.7 Å². The van der Waals surface area contributed by atoms with E-state index in [1.165, 1.54) is 11.0 Å². The van der Waals surface area contributed by atoms with Crippen molar-refractivity contribution in [2.75, 3.05) is 24.5 Å². The number of nitro groups is 1. The van der Waals surface area contributed by atoms with Crippen molar-refractivity contribution in [3.8, 4) is 0 Å². The van der Waals surface area contributed by atoms with Crippen molar-refractivity contribution in [2.45, 2.75) is 25.3 Å². The molecule has 8 nitrogen and oxygen atoms in total. The van der Waals surface area contributed by atoms with Gasteiger partial charge in [-0.1, -0.05) is 24.3 Å². The maximum absolute atomic E-state index is 13.2. The molecule has 150 valence electrons. The molecule has 0 bridgehead atoms. The number of amides is 1. The largest absolute Gasteiger partial charge is 0.479 e. The quantitative estimate of drug-likeness (QED) is 0.630. The van der Waals surface area contributed by atoms with Gasteiger partial charge < -0.3 is 14.9 Å². The molecule has 1 N–H and O–H groups in total. The van der Waals surface area contributed by atoms with Gasteiger partial charge in [0.1, 0.15) is 5.69 Å². The maximum atomic E-state index is 13.2. The molecule has 2 aromatic carbocycles. The highest BCUT2D eigenvalue weighted by Gasteiger charge is 2.37. The number of benzene rings is 2. The van der Waals surface area contributed by atoms with E-state index in [2.05, 4.69) is 0 Å². The number of nitro benzene ring substituents is 1. The van der Waals surface area contributed by atoms with E-state index in [1.54, 1.807) is 24.3 Å². The second-order valence-electron chi connectivity index (χ2n) is 7.34. The van der Waals surface area contributed by atoms with Crippen LogP contribution in [-0.2, 0) is 11.2 Å². The number of fused-ring (bicyclic) bond motifs is 1. The fourth-order valence-corrected chi connectivity index (χ4v) is 4.25. The molecule has 1 fully saturated rings. The first-order chi connectivity index (χ1) is 14.0. The third-order valence-corrected chi connectivity index (χ3v) is 5.64. The van der Waals surface area contributed by atoms with Crippen LogP contribution >= 0.6 is 0 Å². The van der Waals surface area contributed by atoms with E-state index >= 15 is 0 Å². The molecule has 2 aliphatic rings. The zero-order valence-electron chi connectivity index (χ0n) is 15.8. The Morgan fingerprint density at radius 1 is 1.07 bits per heavy atom. The Morgan fingerprint density at radius 3 is 2.48 bits per heavy atom. The number of nitrogens with zero attached hydrogens (tertiary/aromatic N) is 3. The molecule has 2 heterocycles. The first-order valence-corrected chi connectivity index (χ1v) is 9.62. The van der Waals surface area contributed by atoms with Gasteiger partial charge in [-0.15, -0.1) is 0 Å². The number of hydrogen-bond acceptors (Lipinski definition) is 5. The van der Waals surface area contributed by atoms with Crippen LogP contribution in [0.15, 0.2) is 42.5 Å². The zero-order valence-corrected chi connectivity index (χ0v) is 15.8. The highest BCUT2D eigenvalue weighted by Crippen LogP contribution is 2.34. The number of aliphatic carboxylic acids is 1. The number of carboxylic acid groups (broad SMARTS) is 1. The Hall–Kier alpha value is -3.42. The van der Waals surface area contributed by atoms with Gasteiger partial charge in [-0.2, -0.15) is 0 Å². The summed E-state index contributed by atoms with van der Waals surface area (Å²) in [6.45, 7) is 1.74. The average molecular weight is 395 g/mol. The van der Waals surface area contributed by atoms with Crippen LogP contribution in [0.25, 0.3) is 0 Å². The van der Waals surface area contributed by atoms with E-state index in [4.69, 9.17) is 0 Å². The van der Waals surface area contributed by atoms with Crippen LogP contribution < -0.4 is 4.90 Å². The van der Waals surface area contributed by atoms with Crippen LogP contribution in [0.1, 0.15) is 40.4 Å².